The average molecular weight is 305 g/mol. The zero-order valence-corrected chi connectivity index (χ0v) is 11.5. The van der Waals surface area contributed by atoms with E-state index >= 15 is 0 Å². The Bertz CT molecular complexity index is 591. The van der Waals surface area contributed by atoms with Crippen LogP contribution in [0.15, 0.2) is 30.5 Å². The average Bonchev–Trinajstić information content (AvgIpc) is 2.70. The molecule has 0 atom stereocenters. The molecule has 0 saturated heterocycles. The number of aromatic nitrogens is 2. The Labute approximate surface area is 119 Å². The quantitative estimate of drug-likeness (QED) is 0.804. The maximum Gasteiger partial charge on any atom is 0.416 e. The van der Waals surface area contributed by atoms with Crippen LogP contribution >= 0.6 is 11.6 Å². The summed E-state index contributed by atoms with van der Waals surface area (Å²) in [7, 11) is 0. The Morgan fingerprint density at radius 3 is 2.30 bits per heavy atom. The molecular formula is C13H12ClF3N2O. The zero-order valence-electron chi connectivity index (χ0n) is 10.8. The molecule has 108 valence electrons. The highest BCUT2D eigenvalue weighted by atomic mass is 35.5. The summed E-state index contributed by atoms with van der Waals surface area (Å²) in [5.41, 5.74) is -0.727. The van der Waals surface area contributed by atoms with Crippen LogP contribution in [0.25, 0.3) is 0 Å². The van der Waals surface area contributed by atoms with Gasteiger partial charge in [0, 0.05) is 6.04 Å². The van der Waals surface area contributed by atoms with Gasteiger partial charge in [-0.25, -0.2) is 4.98 Å². The Morgan fingerprint density at radius 1 is 1.20 bits per heavy atom. The number of imidazole rings is 1. The molecule has 0 amide bonds. The van der Waals surface area contributed by atoms with Gasteiger partial charge in [0.1, 0.15) is 10.9 Å². The van der Waals surface area contributed by atoms with Crippen molar-refractivity contribution in [2.24, 2.45) is 0 Å². The van der Waals surface area contributed by atoms with Crippen LogP contribution in [0.4, 0.5) is 13.2 Å². The molecule has 0 unspecified atom stereocenters. The van der Waals surface area contributed by atoms with E-state index in [1.165, 1.54) is 18.3 Å². The van der Waals surface area contributed by atoms with Gasteiger partial charge in [0.15, 0.2) is 0 Å². The van der Waals surface area contributed by atoms with Crippen molar-refractivity contribution in [3.05, 3.63) is 41.2 Å². The molecule has 0 bridgehead atoms. The molecular weight excluding hydrogens is 293 g/mol. The van der Waals surface area contributed by atoms with Gasteiger partial charge in [-0.3, -0.25) is 4.57 Å². The number of hydrogen-bond donors (Lipinski definition) is 0. The highest BCUT2D eigenvalue weighted by Crippen LogP contribution is 2.32. The predicted molar refractivity (Wildman–Crippen MR) is 69.1 cm³/mol. The van der Waals surface area contributed by atoms with Gasteiger partial charge in [0.25, 0.3) is 0 Å². The summed E-state index contributed by atoms with van der Waals surface area (Å²) in [6.07, 6.45) is -2.93. The van der Waals surface area contributed by atoms with E-state index in [0.29, 0.717) is 5.15 Å². The number of hydrogen-bond acceptors (Lipinski definition) is 2. The molecule has 0 aliphatic carbocycles. The van der Waals surface area contributed by atoms with Gasteiger partial charge in [-0.1, -0.05) is 11.6 Å². The number of rotatable bonds is 3. The summed E-state index contributed by atoms with van der Waals surface area (Å²) in [5, 5.41) is 0.405. The first-order valence-electron chi connectivity index (χ1n) is 5.87. The number of benzene rings is 1. The Morgan fingerprint density at radius 2 is 1.80 bits per heavy atom. The molecule has 0 N–H and O–H groups in total. The summed E-state index contributed by atoms with van der Waals surface area (Å²) in [6.45, 7) is 3.79. The molecule has 3 nitrogen and oxygen atoms in total. The lowest BCUT2D eigenvalue weighted by Gasteiger charge is -2.13. The van der Waals surface area contributed by atoms with E-state index in [1.54, 1.807) is 4.57 Å². The van der Waals surface area contributed by atoms with Gasteiger partial charge < -0.3 is 4.74 Å². The standard InChI is InChI=1S/C13H12ClF3N2O/c1-8(2)19-11(14)7-18-12(19)20-10-5-3-9(4-6-10)13(15,16)17/h3-8H,1-2H3. The van der Waals surface area contributed by atoms with Gasteiger partial charge in [0.2, 0.25) is 0 Å². The van der Waals surface area contributed by atoms with E-state index in [9.17, 15) is 13.2 Å². The maximum atomic E-state index is 12.4. The lowest BCUT2D eigenvalue weighted by molar-refractivity contribution is -0.137. The van der Waals surface area contributed by atoms with E-state index in [1.807, 2.05) is 13.8 Å². The normalized spacial score (nSPS) is 11.9. The number of ether oxygens (including phenoxy) is 1. The fourth-order valence-corrected chi connectivity index (χ4v) is 2.00. The van der Waals surface area contributed by atoms with Crippen molar-refractivity contribution >= 4 is 11.6 Å². The first kappa shape index (κ1) is 14.7. The van der Waals surface area contributed by atoms with Gasteiger partial charge in [-0.15, -0.1) is 0 Å². The summed E-state index contributed by atoms with van der Waals surface area (Å²) in [4.78, 5) is 3.99. The van der Waals surface area contributed by atoms with Gasteiger partial charge in [-0.05, 0) is 38.1 Å². The van der Waals surface area contributed by atoms with Crippen LogP contribution in [0.2, 0.25) is 5.15 Å². The topological polar surface area (TPSA) is 27.1 Å². The minimum Gasteiger partial charge on any atom is -0.425 e. The molecule has 0 aliphatic rings. The summed E-state index contributed by atoms with van der Waals surface area (Å²) < 4.78 is 44.4. The molecule has 1 aromatic carbocycles. The Hall–Kier alpha value is -1.69. The van der Waals surface area contributed by atoms with Crippen molar-refractivity contribution in [3.8, 4) is 11.8 Å². The Kier molecular flexibility index (Phi) is 3.94. The van der Waals surface area contributed by atoms with Crippen molar-refractivity contribution in [2.45, 2.75) is 26.1 Å². The van der Waals surface area contributed by atoms with Crippen molar-refractivity contribution in [3.63, 3.8) is 0 Å². The summed E-state index contributed by atoms with van der Waals surface area (Å²) in [5.74, 6) is 0.266. The van der Waals surface area contributed by atoms with Gasteiger partial charge in [0.05, 0.1) is 11.8 Å². The van der Waals surface area contributed by atoms with Gasteiger partial charge in [-0.2, -0.15) is 13.2 Å². The van der Waals surface area contributed by atoms with E-state index in [4.69, 9.17) is 16.3 Å². The third kappa shape index (κ3) is 3.07. The van der Waals surface area contributed by atoms with Crippen molar-refractivity contribution in [2.75, 3.05) is 0 Å². The summed E-state index contributed by atoms with van der Waals surface area (Å²) in [6, 6.07) is 4.67. The molecule has 0 aliphatic heterocycles. The maximum absolute atomic E-state index is 12.4. The number of nitrogens with zero attached hydrogens (tertiary/aromatic N) is 2. The smallest absolute Gasteiger partial charge is 0.416 e. The third-order valence-corrected chi connectivity index (χ3v) is 2.90. The SMILES string of the molecule is CC(C)n1c(Cl)cnc1Oc1ccc(C(F)(F)F)cc1. The van der Waals surface area contributed by atoms with Crippen LogP contribution in [0.5, 0.6) is 11.8 Å². The van der Waals surface area contributed by atoms with Crippen LogP contribution < -0.4 is 4.74 Å². The molecule has 1 heterocycles. The molecule has 0 spiro atoms. The van der Waals surface area contributed by atoms with Crippen LogP contribution in [0.1, 0.15) is 25.5 Å². The second kappa shape index (κ2) is 5.36. The molecule has 1 aromatic heterocycles. The molecule has 2 rings (SSSR count). The second-order valence-corrected chi connectivity index (χ2v) is 4.84. The number of halogens is 4. The minimum absolute atomic E-state index is 0.0226. The second-order valence-electron chi connectivity index (χ2n) is 4.45. The zero-order chi connectivity index (χ0) is 14.9. The fraction of sp³-hybridized carbons (Fsp3) is 0.308. The third-order valence-electron chi connectivity index (χ3n) is 2.62. The molecule has 2 aromatic rings. The van der Waals surface area contributed by atoms with E-state index in [0.717, 1.165) is 12.1 Å². The van der Waals surface area contributed by atoms with E-state index in [2.05, 4.69) is 4.98 Å². The molecule has 7 heteroatoms. The van der Waals surface area contributed by atoms with Crippen LogP contribution in [-0.2, 0) is 6.18 Å². The minimum atomic E-state index is -4.36. The van der Waals surface area contributed by atoms with Crippen molar-refractivity contribution in [1.29, 1.82) is 0 Å². The molecule has 20 heavy (non-hydrogen) atoms. The van der Waals surface area contributed by atoms with Crippen LogP contribution in [-0.4, -0.2) is 9.55 Å². The van der Waals surface area contributed by atoms with Crippen molar-refractivity contribution in [1.82, 2.24) is 9.55 Å². The highest BCUT2D eigenvalue weighted by molar-refractivity contribution is 6.29. The first-order chi connectivity index (χ1) is 9.29. The molecule has 0 radical (unpaired) electrons. The van der Waals surface area contributed by atoms with Crippen molar-refractivity contribution < 1.29 is 17.9 Å². The van der Waals surface area contributed by atoms with Crippen LogP contribution in [0.3, 0.4) is 0 Å². The molecule has 0 saturated carbocycles. The van der Waals surface area contributed by atoms with Crippen LogP contribution in [0, 0.1) is 0 Å². The fourth-order valence-electron chi connectivity index (χ4n) is 1.68. The number of alkyl halides is 3. The lowest BCUT2D eigenvalue weighted by Crippen LogP contribution is -2.05. The van der Waals surface area contributed by atoms with E-state index < -0.39 is 11.7 Å². The van der Waals surface area contributed by atoms with E-state index in [-0.39, 0.29) is 17.8 Å². The summed E-state index contributed by atoms with van der Waals surface area (Å²) >= 11 is 5.96. The molecule has 0 fully saturated rings. The predicted octanol–water partition coefficient (Wildman–Crippen LogP) is 4.93. The van der Waals surface area contributed by atoms with Gasteiger partial charge >= 0.3 is 12.2 Å². The highest BCUT2D eigenvalue weighted by Gasteiger charge is 2.30. The monoisotopic (exact) mass is 304 g/mol. The Balaban J connectivity index is 2.23. The lowest BCUT2D eigenvalue weighted by atomic mass is 10.2. The largest absolute Gasteiger partial charge is 0.425 e. The first-order valence-corrected chi connectivity index (χ1v) is 6.24.